The van der Waals surface area contributed by atoms with Crippen LogP contribution in [0.5, 0.6) is 0 Å². The predicted octanol–water partition coefficient (Wildman–Crippen LogP) is 4.01. The molecule has 7 nitrogen and oxygen atoms in total. The Morgan fingerprint density at radius 2 is 1.80 bits per heavy atom. The third-order valence-corrected chi connectivity index (χ3v) is 5.28. The first kappa shape index (κ1) is 21.6. The second kappa shape index (κ2) is 9.15. The van der Waals surface area contributed by atoms with E-state index in [9.17, 15) is 14.4 Å². The Kier molecular flexibility index (Phi) is 6.59. The van der Waals surface area contributed by atoms with Gasteiger partial charge in [0.05, 0.1) is 0 Å². The summed E-state index contributed by atoms with van der Waals surface area (Å²) in [5.74, 6) is -1.06. The third kappa shape index (κ3) is 5.09. The van der Waals surface area contributed by atoms with E-state index in [2.05, 4.69) is 15.2 Å². The minimum Gasteiger partial charge on any atom is -0.456 e. The number of aryl methyl sites for hydroxylation is 1. The van der Waals surface area contributed by atoms with E-state index < -0.39 is 18.0 Å². The molecule has 30 heavy (non-hydrogen) atoms. The fourth-order valence-corrected chi connectivity index (χ4v) is 3.59. The van der Waals surface area contributed by atoms with Crippen molar-refractivity contribution in [1.29, 1.82) is 0 Å². The second-order valence-electron chi connectivity index (χ2n) is 8.10. The third-order valence-electron chi connectivity index (χ3n) is 5.28. The van der Waals surface area contributed by atoms with Gasteiger partial charge in [0.25, 0.3) is 0 Å². The van der Waals surface area contributed by atoms with E-state index in [1.165, 1.54) is 0 Å². The fourth-order valence-electron chi connectivity index (χ4n) is 3.59. The summed E-state index contributed by atoms with van der Waals surface area (Å²) in [5, 5.41) is 5.31. The Morgan fingerprint density at radius 1 is 1.13 bits per heavy atom. The lowest BCUT2D eigenvalue weighted by molar-refractivity contribution is -0.145. The van der Waals surface area contributed by atoms with Crippen LogP contribution in [0.25, 0.3) is 0 Å². The van der Waals surface area contributed by atoms with Crippen LogP contribution in [0.3, 0.4) is 0 Å². The Morgan fingerprint density at radius 3 is 2.40 bits per heavy atom. The van der Waals surface area contributed by atoms with Crippen molar-refractivity contribution < 1.29 is 19.1 Å². The minimum absolute atomic E-state index is 0.200. The molecule has 7 heteroatoms. The van der Waals surface area contributed by atoms with Gasteiger partial charge in [-0.15, -0.1) is 0 Å². The number of carbonyl (C=O) groups excluding carboxylic acids is 3. The molecule has 1 heterocycles. The molecule has 0 aliphatic heterocycles. The lowest BCUT2D eigenvalue weighted by atomic mass is 10.1. The van der Waals surface area contributed by atoms with Gasteiger partial charge in [0.2, 0.25) is 5.78 Å². The molecule has 1 aromatic carbocycles. The van der Waals surface area contributed by atoms with E-state index in [0.717, 1.165) is 24.2 Å². The molecule has 1 saturated carbocycles. The van der Waals surface area contributed by atoms with E-state index >= 15 is 0 Å². The van der Waals surface area contributed by atoms with Crippen LogP contribution in [0.2, 0.25) is 0 Å². The molecule has 1 fully saturated rings. The predicted molar refractivity (Wildman–Crippen MR) is 115 cm³/mol. The smallest absolute Gasteiger partial charge is 0.329 e. The molecule has 1 atom stereocenters. The summed E-state index contributed by atoms with van der Waals surface area (Å²) in [6.45, 7) is 7.17. The van der Waals surface area contributed by atoms with Crippen LogP contribution in [-0.2, 0) is 9.53 Å². The maximum Gasteiger partial charge on any atom is 0.329 e. The van der Waals surface area contributed by atoms with Gasteiger partial charge in [0.15, 0.2) is 6.61 Å². The summed E-state index contributed by atoms with van der Waals surface area (Å²) in [7, 11) is 0. The molecular formula is C23H29N3O4. The zero-order valence-electron chi connectivity index (χ0n) is 17.9. The Balaban J connectivity index is 1.58. The van der Waals surface area contributed by atoms with Crippen LogP contribution in [0.15, 0.2) is 36.4 Å². The number of urea groups is 1. The maximum atomic E-state index is 12.6. The highest BCUT2D eigenvalue weighted by Crippen LogP contribution is 2.38. The highest BCUT2D eigenvalue weighted by molar-refractivity contribution is 6.00. The first-order chi connectivity index (χ1) is 14.3. The monoisotopic (exact) mass is 411 g/mol. The quantitative estimate of drug-likeness (QED) is 0.507. The van der Waals surface area contributed by atoms with Crippen molar-refractivity contribution in [1.82, 2.24) is 9.88 Å². The van der Waals surface area contributed by atoms with Crippen LogP contribution in [0.1, 0.15) is 54.5 Å². The number of benzene rings is 1. The van der Waals surface area contributed by atoms with Crippen molar-refractivity contribution in [3.8, 4) is 0 Å². The number of esters is 1. The van der Waals surface area contributed by atoms with Crippen molar-refractivity contribution >= 4 is 23.5 Å². The van der Waals surface area contributed by atoms with Gasteiger partial charge in [-0.1, -0.05) is 32.0 Å². The number of ketones is 1. The Bertz CT molecular complexity index is 929. The fraction of sp³-hybridized carbons (Fsp3) is 0.435. The molecule has 2 N–H and O–H groups in total. The summed E-state index contributed by atoms with van der Waals surface area (Å²) in [4.78, 5) is 37.5. The van der Waals surface area contributed by atoms with Crippen LogP contribution >= 0.6 is 0 Å². The van der Waals surface area contributed by atoms with E-state index in [1.807, 2.05) is 26.0 Å². The van der Waals surface area contributed by atoms with Crippen LogP contribution in [0.4, 0.5) is 10.5 Å². The average molecular weight is 412 g/mol. The van der Waals surface area contributed by atoms with Gasteiger partial charge in [0.1, 0.15) is 6.04 Å². The number of hydrogen-bond donors (Lipinski definition) is 2. The van der Waals surface area contributed by atoms with E-state index in [4.69, 9.17) is 4.74 Å². The summed E-state index contributed by atoms with van der Waals surface area (Å²) in [5.41, 5.74) is 3.16. The number of hydrogen-bond acceptors (Lipinski definition) is 4. The normalized spacial score (nSPS) is 14.3. The number of Topliss-reactive ketones (excluding diaryl/α,β-unsaturated/α-hetero) is 1. The standard InChI is InChI=1S/C23H29N3O4/c1-14(2)21(25-23(29)24-17-8-6-5-7-9-17)22(28)30-13-20(27)19-12-15(3)26(16(19)4)18-10-11-18/h5-9,12,14,18,21H,10-11,13H2,1-4H3,(H2,24,25,29)/t21-/m0/s1. The minimum atomic E-state index is -0.861. The second-order valence-corrected chi connectivity index (χ2v) is 8.10. The summed E-state index contributed by atoms with van der Waals surface area (Å²) >= 11 is 0. The largest absolute Gasteiger partial charge is 0.456 e. The lowest BCUT2D eigenvalue weighted by Gasteiger charge is -2.21. The van der Waals surface area contributed by atoms with Crippen molar-refractivity contribution in [2.24, 2.45) is 5.92 Å². The molecule has 3 rings (SSSR count). The SMILES string of the molecule is Cc1cc(C(=O)COC(=O)[C@@H](NC(=O)Nc2ccccc2)C(C)C)c(C)n1C1CC1. The average Bonchev–Trinajstić information content (AvgIpc) is 3.49. The van der Waals surface area contributed by atoms with E-state index in [1.54, 1.807) is 38.1 Å². The number of carbonyl (C=O) groups is 3. The van der Waals surface area contributed by atoms with Crippen LogP contribution in [-0.4, -0.2) is 35.0 Å². The number of amides is 2. The van der Waals surface area contributed by atoms with Gasteiger partial charge in [-0.05, 0) is 50.8 Å². The molecule has 1 aliphatic carbocycles. The topological polar surface area (TPSA) is 89.4 Å². The molecule has 1 aromatic heterocycles. The van der Waals surface area contributed by atoms with Crippen LogP contribution in [0, 0.1) is 19.8 Å². The van der Waals surface area contributed by atoms with E-state index in [-0.39, 0.29) is 18.3 Å². The van der Waals surface area contributed by atoms with Gasteiger partial charge in [-0.3, -0.25) is 4.79 Å². The first-order valence-corrected chi connectivity index (χ1v) is 10.3. The van der Waals surface area contributed by atoms with Gasteiger partial charge < -0.3 is 19.9 Å². The molecular weight excluding hydrogens is 382 g/mol. The molecule has 2 aromatic rings. The zero-order valence-corrected chi connectivity index (χ0v) is 17.9. The van der Waals surface area contributed by atoms with Gasteiger partial charge in [-0.2, -0.15) is 0 Å². The summed E-state index contributed by atoms with van der Waals surface area (Å²) < 4.78 is 7.45. The number of para-hydroxylation sites is 1. The zero-order chi connectivity index (χ0) is 21.8. The highest BCUT2D eigenvalue weighted by Gasteiger charge is 2.30. The summed E-state index contributed by atoms with van der Waals surface area (Å²) in [6.07, 6.45) is 2.26. The molecule has 0 radical (unpaired) electrons. The molecule has 0 unspecified atom stereocenters. The Hall–Kier alpha value is -3.09. The number of aromatic nitrogens is 1. The van der Waals surface area contributed by atoms with Crippen molar-refractivity contribution in [3.63, 3.8) is 0 Å². The number of rotatable bonds is 8. The van der Waals surface area contributed by atoms with Crippen molar-refractivity contribution in [3.05, 3.63) is 53.3 Å². The van der Waals surface area contributed by atoms with Gasteiger partial charge >= 0.3 is 12.0 Å². The van der Waals surface area contributed by atoms with Crippen molar-refractivity contribution in [2.75, 3.05) is 11.9 Å². The molecule has 0 bridgehead atoms. The number of ether oxygens (including phenoxy) is 1. The maximum absolute atomic E-state index is 12.6. The van der Waals surface area contributed by atoms with Gasteiger partial charge in [0, 0.05) is 28.7 Å². The number of nitrogens with one attached hydrogen (secondary N) is 2. The lowest BCUT2D eigenvalue weighted by Crippen LogP contribution is -2.47. The molecule has 0 spiro atoms. The van der Waals surface area contributed by atoms with Gasteiger partial charge in [-0.25, -0.2) is 9.59 Å². The first-order valence-electron chi connectivity index (χ1n) is 10.3. The molecule has 160 valence electrons. The number of nitrogens with zero attached hydrogens (tertiary/aromatic N) is 1. The van der Waals surface area contributed by atoms with Crippen LogP contribution < -0.4 is 10.6 Å². The summed E-state index contributed by atoms with van der Waals surface area (Å²) in [6, 6.07) is 9.91. The molecule has 2 amide bonds. The Labute approximate surface area is 176 Å². The molecule has 1 aliphatic rings. The highest BCUT2D eigenvalue weighted by atomic mass is 16.5. The van der Waals surface area contributed by atoms with Crippen molar-refractivity contribution in [2.45, 2.75) is 52.6 Å². The van der Waals surface area contributed by atoms with E-state index in [0.29, 0.717) is 17.3 Å². The number of anilines is 1. The molecule has 0 saturated heterocycles.